The fraction of sp³-hybridized carbons (Fsp3) is 0.412. The van der Waals surface area contributed by atoms with Crippen molar-refractivity contribution in [3.05, 3.63) is 36.0 Å². The van der Waals surface area contributed by atoms with Crippen LogP contribution in [0.5, 0.6) is 0 Å². The zero-order valence-electron chi connectivity index (χ0n) is 13.6. The van der Waals surface area contributed by atoms with Gasteiger partial charge in [0.15, 0.2) is 0 Å². The Balaban J connectivity index is 2.08. The lowest BCUT2D eigenvalue weighted by molar-refractivity contribution is -0.143. The molecule has 1 aromatic carbocycles. The lowest BCUT2D eigenvalue weighted by Crippen LogP contribution is -2.45. The molecule has 2 atom stereocenters. The van der Waals surface area contributed by atoms with Crippen LogP contribution in [0.25, 0.3) is 10.9 Å². The molecule has 0 saturated carbocycles. The summed E-state index contributed by atoms with van der Waals surface area (Å²) in [5.41, 5.74) is 1.55. The van der Waals surface area contributed by atoms with E-state index in [4.69, 9.17) is 0 Å². The van der Waals surface area contributed by atoms with E-state index in [2.05, 4.69) is 4.98 Å². The van der Waals surface area contributed by atoms with Crippen LogP contribution in [0, 0.1) is 18.8 Å². The third kappa shape index (κ3) is 2.89. The van der Waals surface area contributed by atoms with Gasteiger partial charge in [-0.15, -0.1) is 0 Å². The van der Waals surface area contributed by atoms with Gasteiger partial charge >= 0.3 is 5.97 Å². The SMILES string of the molecule is Cc1ccc(S(=O)(=O)N2CC(C)CC(C(=O)O)C2)c2cccnc12. The van der Waals surface area contributed by atoms with Crippen molar-refractivity contribution in [2.75, 3.05) is 13.1 Å². The molecule has 2 aromatic rings. The van der Waals surface area contributed by atoms with Gasteiger partial charge in [0.1, 0.15) is 0 Å². The van der Waals surface area contributed by atoms with Crippen LogP contribution in [0.15, 0.2) is 35.4 Å². The number of nitrogens with zero attached hydrogens (tertiary/aromatic N) is 2. The minimum Gasteiger partial charge on any atom is -0.481 e. The second-order valence-corrected chi connectivity index (χ2v) is 8.38. The molecule has 0 spiro atoms. The largest absolute Gasteiger partial charge is 0.481 e. The lowest BCUT2D eigenvalue weighted by atomic mass is 9.92. The van der Waals surface area contributed by atoms with Crippen molar-refractivity contribution in [1.29, 1.82) is 0 Å². The zero-order valence-corrected chi connectivity index (χ0v) is 14.5. The predicted octanol–water partition coefficient (Wildman–Crippen LogP) is 2.27. The van der Waals surface area contributed by atoms with Gasteiger partial charge in [0.05, 0.1) is 16.3 Å². The molecule has 1 aliphatic rings. The fourth-order valence-corrected chi connectivity index (χ4v) is 5.12. The Labute approximate surface area is 141 Å². The van der Waals surface area contributed by atoms with E-state index in [1.54, 1.807) is 30.5 Å². The molecule has 2 unspecified atom stereocenters. The average molecular weight is 348 g/mol. The number of carboxylic acid groups (broad SMARTS) is 1. The number of rotatable bonds is 3. The molecule has 128 valence electrons. The number of sulfonamides is 1. The van der Waals surface area contributed by atoms with Crippen molar-refractivity contribution in [2.24, 2.45) is 11.8 Å². The predicted molar refractivity (Wildman–Crippen MR) is 90.1 cm³/mol. The second kappa shape index (κ2) is 6.14. The van der Waals surface area contributed by atoms with E-state index in [0.717, 1.165) is 5.56 Å². The summed E-state index contributed by atoms with van der Waals surface area (Å²) in [6, 6.07) is 6.78. The Morgan fingerprint density at radius 2 is 2.04 bits per heavy atom. The first-order valence-corrected chi connectivity index (χ1v) is 9.32. The summed E-state index contributed by atoms with van der Waals surface area (Å²) < 4.78 is 27.6. The van der Waals surface area contributed by atoms with Crippen molar-refractivity contribution in [1.82, 2.24) is 9.29 Å². The molecule has 6 nitrogen and oxygen atoms in total. The van der Waals surface area contributed by atoms with E-state index >= 15 is 0 Å². The summed E-state index contributed by atoms with van der Waals surface area (Å²) in [7, 11) is -3.77. The van der Waals surface area contributed by atoms with Gasteiger partial charge in [-0.3, -0.25) is 9.78 Å². The number of hydrogen-bond acceptors (Lipinski definition) is 4. The molecule has 0 radical (unpaired) electrons. The van der Waals surface area contributed by atoms with Crippen molar-refractivity contribution < 1.29 is 18.3 Å². The minimum atomic E-state index is -3.77. The molecule has 1 N–H and O–H groups in total. The number of benzene rings is 1. The molecule has 1 fully saturated rings. The quantitative estimate of drug-likeness (QED) is 0.919. The summed E-state index contributed by atoms with van der Waals surface area (Å²) in [4.78, 5) is 15.8. The topological polar surface area (TPSA) is 87.6 Å². The normalized spacial score (nSPS) is 22.6. The highest BCUT2D eigenvalue weighted by Gasteiger charge is 2.36. The zero-order chi connectivity index (χ0) is 17.5. The van der Waals surface area contributed by atoms with Crippen LogP contribution in [0.2, 0.25) is 0 Å². The number of hydrogen-bond donors (Lipinski definition) is 1. The monoisotopic (exact) mass is 348 g/mol. The number of fused-ring (bicyclic) bond motifs is 1. The lowest BCUT2D eigenvalue weighted by Gasteiger charge is -2.34. The molecule has 3 rings (SSSR count). The van der Waals surface area contributed by atoms with Gasteiger partial charge in [-0.05, 0) is 43.0 Å². The van der Waals surface area contributed by atoms with Crippen LogP contribution in [-0.2, 0) is 14.8 Å². The van der Waals surface area contributed by atoms with E-state index in [0.29, 0.717) is 23.9 Å². The number of aliphatic carboxylic acids is 1. The van der Waals surface area contributed by atoms with Gasteiger partial charge in [0, 0.05) is 24.7 Å². The summed E-state index contributed by atoms with van der Waals surface area (Å²) in [6.07, 6.45) is 2.13. The van der Waals surface area contributed by atoms with Crippen LogP contribution in [-0.4, -0.2) is 41.9 Å². The summed E-state index contributed by atoms with van der Waals surface area (Å²) in [5.74, 6) is -1.61. The number of carboxylic acids is 1. The Kier molecular flexibility index (Phi) is 4.31. The van der Waals surface area contributed by atoms with Gasteiger partial charge in [-0.2, -0.15) is 4.31 Å². The Morgan fingerprint density at radius 1 is 1.29 bits per heavy atom. The van der Waals surface area contributed by atoms with E-state index < -0.39 is 21.9 Å². The second-order valence-electron chi connectivity index (χ2n) is 6.48. The maximum atomic E-state index is 13.1. The first-order chi connectivity index (χ1) is 11.3. The average Bonchev–Trinajstić information content (AvgIpc) is 2.54. The Morgan fingerprint density at radius 3 is 2.75 bits per heavy atom. The van der Waals surface area contributed by atoms with Gasteiger partial charge in [0.25, 0.3) is 0 Å². The number of aryl methyl sites for hydroxylation is 1. The van der Waals surface area contributed by atoms with Crippen molar-refractivity contribution in [3.8, 4) is 0 Å². The number of pyridine rings is 1. The van der Waals surface area contributed by atoms with Crippen molar-refractivity contribution >= 4 is 26.9 Å². The number of piperidine rings is 1. The summed E-state index contributed by atoms with van der Waals surface area (Å²) in [5, 5.41) is 9.86. The highest BCUT2D eigenvalue weighted by Crippen LogP contribution is 2.31. The maximum Gasteiger partial charge on any atom is 0.307 e. The standard InChI is InChI=1S/C17H20N2O4S/c1-11-8-13(17(20)21)10-19(9-11)24(22,23)15-6-5-12(2)16-14(15)4-3-7-18-16/h3-7,11,13H,8-10H2,1-2H3,(H,20,21). The smallest absolute Gasteiger partial charge is 0.307 e. The van der Waals surface area contributed by atoms with Gasteiger partial charge < -0.3 is 5.11 Å². The fourth-order valence-electron chi connectivity index (χ4n) is 3.33. The van der Waals surface area contributed by atoms with E-state index in [-0.39, 0.29) is 17.4 Å². The van der Waals surface area contributed by atoms with Crippen molar-refractivity contribution in [2.45, 2.75) is 25.2 Å². The first-order valence-electron chi connectivity index (χ1n) is 7.88. The molecule has 24 heavy (non-hydrogen) atoms. The molecule has 1 aromatic heterocycles. The molecule has 0 bridgehead atoms. The van der Waals surface area contributed by atoms with Crippen LogP contribution in [0.4, 0.5) is 0 Å². The minimum absolute atomic E-state index is 0.00413. The van der Waals surface area contributed by atoms with Crippen LogP contribution in [0.3, 0.4) is 0 Å². The third-order valence-electron chi connectivity index (χ3n) is 4.52. The summed E-state index contributed by atoms with van der Waals surface area (Å²) in [6.45, 7) is 4.11. The van der Waals surface area contributed by atoms with Crippen LogP contribution in [0.1, 0.15) is 18.9 Å². The highest BCUT2D eigenvalue weighted by molar-refractivity contribution is 7.89. The Bertz CT molecular complexity index is 895. The summed E-state index contributed by atoms with van der Waals surface area (Å²) >= 11 is 0. The highest BCUT2D eigenvalue weighted by atomic mass is 32.2. The molecule has 1 aliphatic heterocycles. The van der Waals surface area contributed by atoms with Crippen LogP contribution < -0.4 is 0 Å². The molecular formula is C17H20N2O4S. The molecule has 0 amide bonds. The maximum absolute atomic E-state index is 13.1. The van der Waals surface area contributed by atoms with Gasteiger partial charge in [-0.25, -0.2) is 8.42 Å². The van der Waals surface area contributed by atoms with E-state index in [1.807, 2.05) is 13.8 Å². The number of aromatic nitrogens is 1. The third-order valence-corrected chi connectivity index (χ3v) is 6.41. The molecule has 2 heterocycles. The van der Waals surface area contributed by atoms with Crippen molar-refractivity contribution in [3.63, 3.8) is 0 Å². The molecule has 7 heteroatoms. The van der Waals surface area contributed by atoms with Gasteiger partial charge in [-0.1, -0.05) is 13.0 Å². The molecule has 1 saturated heterocycles. The molecule has 0 aliphatic carbocycles. The first kappa shape index (κ1) is 16.9. The van der Waals surface area contributed by atoms with E-state index in [9.17, 15) is 18.3 Å². The van der Waals surface area contributed by atoms with Gasteiger partial charge in [0.2, 0.25) is 10.0 Å². The number of carbonyl (C=O) groups is 1. The Hall–Kier alpha value is -1.99. The van der Waals surface area contributed by atoms with E-state index in [1.165, 1.54) is 4.31 Å². The van der Waals surface area contributed by atoms with Crippen LogP contribution >= 0.6 is 0 Å². The molecular weight excluding hydrogens is 328 g/mol.